The molecule has 9 heteroatoms. The Hall–Kier alpha value is -3.23. The van der Waals surface area contributed by atoms with Crippen LogP contribution in [0.3, 0.4) is 0 Å². The number of anilines is 1. The zero-order valence-corrected chi connectivity index (χ0v) is 17.5. The van der Waals surface area contributed by atoms with E-state index < -0.39 is 0 Å². The first kappa shape index (κ1) is 20.1. The number of benzene rings is 2. The lowest BCUT2D eigenvalue weighted by atomic mass is 10.2. The molecule has 2 heterocycles. The normalized spacial score (nSPS) is 10.7. The van der Waals surface area contributed by atoms with Crippen LogP contribution in [0.1, 0.15) is 12.3 Å². The van der Waals surface area contributed by atoms with Gasteiger partial charge in [0.2, 0.25) is 17.6 Å². The van der Waals surface area contributed by atoms with Crippen molar-refractivity contribution in [1.82, 2.24) is 15.1 Å². The van der Waals surface area contributed by atoms with Crippen LogP contribution in [-0.4, -0.2) is 28.1 Å². The average molecular weight is 441 g/mol. The number of rotatable bonds is 7. The quantitative estimate of drug-likeness (QED) is 0.430. The molecule has 0 aliphatic carbocycles. The second-order valence-corrected chi connectivity index (χ2v) is 7.60. The van der Waals surface area contributed by atoms with E-state index in [1.54, 1.807) is 19.2 Å². The van der Waals surface area contributed by atoms with Crippen LogP contribution in [0.15, 0.2) is 58.4 Å². The highest BCUT2D eigenvalue weighted by molar-refractivity contribution is 7.14. The summed E-state index contributed by atoms with van der Waals surface area (Å²) in [7, 11) is 1.58. The molecule has 0 saturated heterocycles. The van der Waals surface area contributed by atoms with Crippen molar-refractivity contribution in [2.75, 3.05) is 12.4 Å². The number of hydrogen-bond acceptors (Lipinski definition) is 7. The molecule has 0 radical (unpaired) electrons. The van der Waals surface area contributed by atoms with Gasteiger partial charge in [-0.2, -0.15) is 4.98 Å². The van der Waals surface area contributed by atoms with Gasteiger partial charge in [0.25, 0.3) is 0 Å². The largest absolute Gasteiger partial charge is 0.496 e. The standard InChI is InChI=1S/C21H17ClN4O3S/c1-28-17-5-3-2-4-15(17)20-25-19(29-26-20)11-10-18(27)24-21-23-16(12-30-21)13-6-8-14(22)9-7-13/h2-9,12H,10-11H2,1H3,(H,23,24,27). The molecule has 0 unspecified atom stereocenters. The van der Waals surface area contributed by atoms with Gasteiger partial charge in [0.05, 0.1) is 18.4 Å². The van der Waals surface area contributed by atoms with E-state index in [4.69, 9.17) is 20.9 Å². The molecule has 0 aliphatic rings. The number of carbonyl (C=O) groups is 1. The number of aromatic nitrogens is 3. The summed E-state index contributed by atoms with van der Waals surface area (Å²) >= 11 is 7.27. The number of methoxy groups -OCH3 is 1. The lowest BCUT2D eigenvalue weighted by Crippen LogP contribution is -2.12. The molecule has 0 saturated carbocycles. The Kier molecular flexibility index (Phi) is 6.06. The number of aryl methyl sites for hydroxylation is 1. The van der Waals surface area contributed by atoms with Crippen molar-refractivity contribution < 1.29 is 14.1 Å². The summed E-state index contributed by atoms with van der Waals surface area (Å²) in [5.41, 5.74) is 2.45. The van der Waals surface area contributed by atoms with Crippen molar-refractivity contribution in [2.45, 2.75) is 12.8 Å². The van der Waals surface area contributed by atoms with Crippen LogP contribution in [0.25, 0.3) is 22.6 Å². The number of carbonyl (C=O) groups excluding carboxylic acids is 1. The SMILES string of the molecule is COc1ccccc1-c1noc(CCC(=O)Nc2nc(-c3ccc(Cl)cc3)cs2)n1. The Labute approximate surface area is 181 Å². The highest BCUT2D eigenvalue weighted by Gasteiger charge is 2.14. The molecule has 1 amide bonds. The summed E-state index contributed by atoms with van der Waals surface area (Å²) in [5, 5.41) is 9.87. The van der Waals surface area contributed by atoms with E-state index in [1.165, 1.54) is 11.3 Å². The lowest BCUT2D eigenvalue weighted by Gasteiger charge is -2.03. The third kappa shape index (κ3) is 4.67. The van der Waals surface area contributed by atoms with Crippen LogP contribution in [-0.2, 0) is 11.2 Å². The Balaban J connectivity index is 1.35. The first-order chi connectivity index (χ1) is 14.6. The Morgan fingerprint density at radius 3 is 2.77 bits per heavy atom. The van der Waals surface area contributed by atoms with Crippen molar-refractivity contribution in [2.24, 2.45) is 0 Å². The van der Waals surface area contributed by atoms with Crippen LogP contribution >= 0.6 is 22.9 Å². The minimum absolute atomic E-state index is 0.177. The van der Waals surface area contributed by atoms with Crippen LogP contribution in [0.4, 0.5) is 5.13 Å². The van der Waals surface area contributed by atoms with Crippen molar-refractivity contribution in [3.05, 3.63) is 64.8 Å². The predicted molar refractivity (Wildman–Crippen MR) is 116 cm³/mol. The average Bonchev–Trinajstić information content (AvgIpc) is 3.42. The van der Waals surface area contributed by atoms with Gasteiger partial charge in [-0.3, -0.25) is 4.79 Å². The highest BCUT2D eigenvalue weighted by atomic mass is 35.5. The first-order valence-electron chi connectivity index (χ1n) is 9.09. The molecule has 2 aromatic carbocycles. The topological polar surface area (TPSA) is 90.1 Å². The second kappa shape index (κ2) is 9.06. The van der Waals surface area contributed by atoms with Gasteiger partial charge in [-0.25, -0.2) is 4.98 Å². The number of halogens is 1. The maximum atomic E-state index is 12.3. The summed E-state index contributed by atoms with van der Waals surface area (Å²) < 4.78 is 10.6. The van der Waals surface area contributed by atoms with Crippen molar-refractivity contribution in [1.29, 1.82) is 0 Å². The van der Waals surface area contributed by atoms with Gasteiger partial charge < -0.3 is 14.6 Å². The zero-order chi connectivity index (χ0) is 20.9. The summed E-state index contributed by atoms with van der Waals surface area (Å²) in [6.45, 7) is 0. The van der Waals surface area contributed by atoms with E-state index in [0.29, 0.717) is 34.0 Å². The van der Waals surface area contributed by atoms with Gasteiger partial charge >= 0.3 is 0 Å². The Morgan fingerprint density at radius 1 is 1.17 bits per heavy atom. The Bertz CT molecular complexity index is 1160. The molecule has 0 atom stereocenters. The van der Waals surface area contributed by atoms with Crippen LogP contribution < -0.4 is 10.1 Å². The molecular weight excluding hydrogens is 424 g/mol. The van der Waals surface area contributed by atoms with Gasteiger partial charge in [-0.15, -0.1) is 11.3 Å². The Morgan fingerprint density at radius 2 is 1.97 bits per heavy atom. The van der Waals surface area contributed by atoms with E-state index in [1.807, 2.05) is 41.8 Å². The van der Waals surface area contributed by atoms with Gasteiger partial charge in [-0.1, -0.05) is 41.0 Å². The molecule has 0 fully saturated rings. The molecule has 1 N–H and O–H groups in total. The van der Waals surface area contributed by atoms with Crippen molar-refractivity contribution >= 4 is 34.0 Å². The molecule has 4 rings (SSSR count). The fourth-order valence-corrected chi connectivity index (χ4v) is 3.64. The summed E-state index contributed by atoms with van der Waals surface area (Å²) in [6, 6.07) is 14.8. The molecule has 7 nitrogen and oxygen atoms in total. The fraction of sp³-hybridized carbons (Fsp3) is 0.143. The van der Waals surface area contributed by atoms with Gasteiger partial charge in [0, 0.05) is 28.8 Å². The maximum Gasteiger partial charge on any atom is 0.227 e. The number of hydrogen-bond donors (Lipinski definition) is 1. The number of nitrogens with one attached hydrogen (secondary N) is 1. The number of nitrogens with zero attached hydrogens (tertiary/aromatic N) is 3. The fourth-order valence-electron chi connectivity index (χ4n) is 2.78. The molecule has 0 bridgehead atoms. The van der Waals surface area contributed by atoms with E-state index >= 15 is 0 Å². The second-order valence-electron chi connectivity index (χ2n) is 6.30. The van der Waals surface area contributed by atoms with Crippen molar-refractivity contribution in [3.8, 4) is 28.4 Å². The number of amides is 1. The monoisotopic (exact) mass is 440 g/mol. The minimum Gasteiger partial charge on any atom is -0.496 e. The van der Waals surface area contributed by atoms with Crippen LogP contribution in [0, 0.1) is 0 Å². The van der Waals surface area contributed by atoms with Gasteiger partial charge in [0.1, 0.15) is 5.75 Å². The predicted octanol–water partition coefficient (Wildman–Crippen LogP) is 5.09. The first-order valence-corrected chi connectivity index (χ1v) is 10.4. The smallest absolute Gasteiger partial charge is 0.227 e. The minimum atomic E-state index is -0.177. The number of ether oxygens (including phenoxy) is 1. The lowest BCUT2D eigenvalue weighted by molar-refractivity contribution is -0.116. The van der Waals surface area contributed by atoms with E-state index in [-0.39, 0.29) is 12.3 Å². The van der Waals surface area contributed by atoms with Gasteiger partial charge in [-0.05, 0) is 24.3 Å². The van der Waals surface area contributed by atoms with Crippen molar-refractivity contribution in [3.63, 3.8) is 0 Å². The van der Waals surface area contributed by atoms with E-state index in [0.717, 1.165) is 16.8 Å². The van der Waals surface area contributed by atoms with Crippen LogP contribution in [0.2, 0.25) is 5.02 Å². The molecule has 0 spiro atoms. The molecule has 30 heavy (non-hydrogen) atoms. The van der Waals surface area contributed by atoms with Gasteiger partial charge in [0.15, 0.2) is 5.13 Å². The van der Waals surface area contributed by atoms with E-state index in [2.05, 4.69) is 20.4 Å². The third-order valence-electron chi connectivity index (χ3n) is 4.27. The molecule has 2 aromatic heterocycles. The zero-order valence-electron chi connectivity index (χ0n) is 16.0. The molecule has 0 aliphatic heterocycles. The summed E-state index contributed by atoms with van der Waals surface area (Å²) in [6.07, 6.45) is 0.521. The molecular formula is C21H17ClN4O3S. The number of para-hydroxylation sites is 1. The highest BCUT2D eigenvalue weighted by Crippen LogP contribution is 2.28. The molecule has 4 aromatic rings. The number of thiazole rings is 1. The van der Waals surface area contributed by atoms with Crippen LogP contribution in [0.5, 0.6) is 5.75 Å². The van der Waals surface area contributed by atoms with E-state index in [9.17, 15) is 4.79 Å². The molecule has 152 valence electrons. The maximum absolute atomic E-state index is 12.3. The summed E-state index contributed by atoms with van der Waals surface area (Å²) in [4.78, 5) is 21.1. The third-order valence-corrected chi connectivity index (χ3v) is 5.28. The summed E-state index contributed by atoms with van der Waals surface area (Å²) in [5.74, 6) is 1.29.